The van der Waals surface area contributed by atoms with Gasteiger partial charge >= 0.3 is 6.03 Å². The van der Waals surface area contributed by atoms with Gasteiger partial charge in [0.1, 0.15) is 6.04 Å². The Morgan fingerprint density at radius 3 is 2.36 bits per heavy atom. The Balaban J connectivity index is 1.92. The third-order valence-corrected chi connectivity index (χ3v) is 5.46. The van der Waals surface area contributed by atoms with Crippen molar-refractivity contribution < 1.29 is 18.0 Å². The van der Waals surface area contributed by atoms with Crippen molar-refractivity contribution in [1.29, 1.82) is 0 Å². The summed E-state index contributed by atoms with van der Waals surface area (Å²) in [7, 11) is -3.30. The van der Waals surface area contributed by atoms with Crippen LogP contribution in [-0.2, 0) is 14.6 Å². The second-order valence-electron chi connectivity index (χ2n) is 6.06. The minimum Gasteiger partial charge on any atom is -0.312 e. The number of nitrogens with zero attached hydrogens (tertiary/aromatic N) is 2. The summed E-state index contributed by atoms with van der Waals surface area (Å²) in [5, 5.41) is 0. The van der Waals surface area contributed by atoms with E-state index >= 15 is 0 Å². The number of piperidine rings is 1. The number of amides is 3. The maximum absolute atomic E-state index is 12.5. The Hall–Kier alpha value is -1.89. The average Bonchev–Trinajstić information content (AvgIpc) is 2.70. The van der Waals surface area contributed by atoms with Crippen molar-refractivity contribution in [3.05, 3.63) is 24.3 Å². The Bertz CT molecular complexity index is 726. The molecule has 0 aromatic heterocycles. The van der Waals surface area contributed by atoms with Crippen LogP contribution in [0.3, 0.4) is 0 Å². The Morgan fingerprint density at radius 1 is 1.14 bits per heavy atom. The van der Waals surface area contributed by atoms with Gasteiger partial charge in [0.05, 0.1) is 10.6 Å². The average molecular weight is 322 g/mol. The van der Waals surface area contributed by atoms with Crippen LogP contribution in [0, 0.1) is 5.92 Å². The van der Waals surface area contributed by atoms with E-state index in [-0.39, 0.29) is 22.9 Å². The van der Waals surface area contributed by atoms with Crippen molar-refractivity contribution in [1.82, 2.24) is 4.90 Å². The van der Waals surface area contributed by atoms with Gasteiger partial charge in [-0.15, -0.1) is 0 Å². The molecule has 0 aliphatic carbocycles. The first-order valence-corrected chi connectivity index (χ1v) is 9.13. The number of carbonyl (C=O) groups excluding carboxylic acids is 2. The van der Waals surface area contributed by atoms with E-state index in [1.807, 2.05) is 0 Å². The van der Waals surface area contributed by atoms with E-state index in [1.165, 1.54) is 24.3 Å². The number of urea groups is 1. The first-order chi connectivity index (χ1) is 10.3. The van der Waals surface area contributed by atoms with E-state index in [9.17, 15) is 18.0 Å². The predicted molar refractivity (Wildman–Crippen MR) is 81.3 cm³/mol. The van der Waals surface area contributed by atoms with Crippen LogP contribution in [0.15, 0.2) is 29.2 Å². The van der Waals surface area contributed by atoms with Crippen LogP contribution >= 0.6 is 0 Å². The van der Waals surface area contributed by atoms with Gasteiger partial charge in [0.15, 0.2) is 9.84 Å². The number of anilines is 1. The summed E-state index contributed by atoms with van der Waals surface area (Å²) in [5.74, 6) is 0.203. The van der Waals surface area contributed by atoms with Crippen LogP contribution < -0.4 is 4.90 Å². The number of imide groups is 1. The van der Waals surface area contributed by atoms with Crippen LogP contribution in [0.25, 0.3) is 0 Å². The second-order valence-corrected chi connectivity index (χ2v) is 8.08. The number of fused-ring (bicyclic) bond motifs is 1. The fraction of sp³-hybridized carbons (Fsp3) is 0.467. The number of hydrogen-bond donors (Lipinski definition) is 0. The Labute approximate surface area is 129 Å². The molecule has 0 N–H and O–H groups in total. The topological polar surface area (TPSA) is 74.8 Å². The van der Waals surface area contributed by atoms with Gasteiger partial charge < -0.3 is 4.90 Å². The molecular formula is C15H18N2O4S. The van der Waals surface area contributed by atoms with E-state index in [0.717, 1.165) is 17.6 Å². The number of hydrogen-bond acceptors (Lipinski definition) is 4. The maximum atomic E-state index is 12.5. The van der Waals surface area contributed by atoms with Gasteiger partial charge in [-0.1, -0.05) is 6.92 Å². The van der Waals surface area contributed by atoms with Gasteiger partial charge in [-0.2, -0.15) is 0 Å². The zero-order valence-electron chi connectivity index (χ0n) is 12.5. The highest BCUT2D eigenvalue weighted by atomic mass is 32.2. The van der Waals surface area contributed by atoms with Crippen molar-refractivity contribution in [3.63, 3.8) is 0 Å². The lowest BCUT2D eigenvalue weighted by atomic mass is 9.93. The zero-order chi connectivity index (χ0) is 16.1. The molecule has 118 valence electrons. The molecule has 0 spiro atoms. The van der Waals surface area contributed by atoms with Gasteiger partial charge in [-0.25, -0.2) is 18.1 Å². The summed E-state index contributed by atoms with van der Waals surface area (Å²) in [4.78, 5) is 27.9. The molecule has 3 rings (SSSR count). The summed E-state index contributed by atoms with van der Waals surface area (Å²) >= 11 is 0. The molecule has 0 bridgehead atoms. The smallest absolute Gasteiger partial charge is 0.312 e. The molecule has 2 heterocycles. The lowest BCUT2D eigenvalue weighted by Gasteiger charge is -2.30. The molecule has 7 heteroatoms. The molecule has 2 fully saturated rings. The predicted octanol–water partition coefficient (Wildman–Crippen LogP) is 1.66. The Kier molecular flexibility index (Phi) is 3.47. The lowest BCUT2D eigenvalue weighted by molar-refractivity contribution is -0.120. The third-order valence-electron chi connectivity index (χ3n) is 4.33. The molecule has 2 aliphatic rings. The fourth-order valence-corrected chi connectivity index (χ4v) is 3.69. The standard InChI is InChI=1S/C15H18N2O4S/c1-10-7-8-16-13(9-10)14(18)17(15(16)19)11-3-5-12(6-4-11)22(2,20)21/h3-6,10,13H,7-9H2,1-2H3/t10-,13+/m1/s1. The van der Waals surface area contributed by atoms with Crippen LogP contribution in [0.2, 0.25) is 0 Å². The van der Waals surface area contributed by atoms with E-state index < -0.39 is 9.84 Å². The summed E-state index contributed by atoms with van der Waals surface area (Å²) in [6, 6.07) is 5.16. The minimum atomic E-state index is -3.30. The highest BCUT2D eigenvalue weighted by molar-refractivity contribution is 7.90. The summed E-state index contributed by atoms with van der Waals surface area (Å²) in [6.07, 6.45) is 2.70. The van der Waals surface area contributed by atoms with Crippen molar-refractivity contribution in [2.45, 2.75) is 30.7 Å². The second kappa shape index (κ2) is 5.08. The largest absolute Gasteiger partial charge is 0.332 e. The van der Waals surface area contributed by atoms with Crippen molar-refractivity contribution in [2.75, 3.05) is 17.7 Å². The first-order valence-electron chi connectivity index (χ1n) is 7.23. The first kappa shape index (κ1) is 15.0. The van der Waals surface area contributed by atoms with E-state index in [4.69, 9.17) is 0 Å². The minimum absolute atomic E-state index is 0.168. The van der Waals surface area contributed by atoms with Gasteiger partial charge in [0.2, 0.25) is 0 Å². The highest BCUT2D eigenvalue weighted by Gasteiger charge is 2.47. The molecule has 0 saturated carbocycles. The van der Waals surface area contributed by atoms with Gasteiger partial charge in [-0.05, 0) is 43.0 Å². The normalized spacial score (nSPS) is 25.5. The number of rotatable bonds is 2. The summed E-state index contributed by atoms with van der Waals surface area (Å²) < 4.78 is 23.0. The van der Waals surface area contributed by atoms with Crippen molar-refractivity contribution >= 4 is 27.5 Å². The van der Waals surface area contributed by atoms with Crippen LogP contribution in [0.5, 0.6) is 0 Å². The molecule has 3 amide bonds. The van der Waals surface area contributed by atoms with Gasteiger partial charge in [0, 0.05) is 12.8 Å². The monoisotopic (exact) mass is 322 g/mol. The fourth-order valence-electron chi connectivity index (χ4n) is 3.06. The highest BCUT2D eigenvalue weighted by Crippen LogP contribution is 2.33. The third kappa shape index (κ3) is 2.39. The summed E-state index contributed by atoms with van der Waals surface area (Å²) in [6.45, 7) is 2.67. The number of benzene rings is 1. The molecule has 22 heavy (non-hydrogen) atoms. The van der Waals surface area contributed by atoms with Gasteiger partial charge in [-0.3, -0.25) is 4.79 Å². The van der Waals surface area contributed by atoms with E-state index in [0.29, 0.717) is 24.6 Å². The molecule has 2 aliphatic heterocycles. The number of sulfone groups is 1. The molecule has 2 atom stereocenters. The van der Waals surface area contributed by atoms with Crippen LogP contribution in [0.1, 0.15) is 19.8 Å². The SMILES string of the molecule is C[C@@H]1CCN2C(=O)N(c3ccc(S(C)(=O)=O)cc3)C(=O)[C@@H]2C1. The molecule has 2 saturated heterocycles. The van der Waals surface area contributed by atoms with Crippen molar-refractivity contribution in [2.24, 2.45) is 5.92 Å². The van der Waals surface area contributed by atoms with E-state index in [2.05, 4.69) is 6.92 Å². The Morgan fingerprint density at radius 2 is 1.77 bits per heavy atom. The van der Waals surface area contributed by atoms with Crippen LogP contribution in [-0.4, -0.2) is 44.1 Å². The zero-order valence-corrected chi connectivity index (χ0v) is 13.3. The lowest BCUT2D eigenvalue weighted by Crippen LogP contribution is -2.41. The molecule has 0 unspecified atom stereocenters. The van der Waals surface area contributed by atoms with Gasteiger partial charge in [0.25, 0.3) is 5.91 Å². The summed E-state index contributed by atoms with van der Waals surface area (Å²) in [5.41, 5.74) is 0.421. The quantitative estimate of drug-likeness (QED) is 0.776. The molecule has 0 radical (unpaired) electrons. The van der Waals surface area contributed by atoms with Crippen LogP contribution in [0.4, 0.5) is 10.5 Å². The molecule has 6 nitrogen and oxygen atoms in total. The molecular weight excluding hydrogens is 304 g/mol. The maximum Gasteiger partial charge on any atom is 0.332 e. The number of carbonyl (C=O) groups is 2. The molecule has 1 aromatic carbocycles. The van der Waals surface area contributed by atoms with Crippen molar-refractivity contribution in [3.8, 4) is 0 Å². The molecule has 1 aromatic rings. The van der Waals surface area contributed by atoms with E-state index in [1.54, 1.807) is 4.90 Å².